The van der Waals surface area contributed by atoms with Crippen molar-refractivity contribution < 1.29 is 24.2 Å². The highest BCUT2D eigenvalue weighted by Gasteiger charge is 2.30. The Labute approximate surface area is 197 Å². The number of aliphatic hydroxyl groups excluding tert-OH is 1. The number of rotatable bonds is 15. The fourth-order valence-corrected chi connectivity index (χ4v) is 3.63. The topological polar surface area (TPSA) is 131 Å². The highest BCUT2D eigenvalue weighted by Crippen LogP contribution is 2.18. The van der Waals surface area contributed by atoms with Crippen LogP contribution < -0.4 is 16.4 Å². The van der Waals surface area contributed by atoms with E-state index in [-0.39, 0.29) is 24.9 Å². The molecule has 4 atom stereocenters. The number of carbonyl (C=O) groups is 3. The van der Waals surface area contributed by atoms with Gasteiger partial charge in [0, 0.05) is 5.92 Å². The Morgan fingerprint density at radius 2 is 1.73 bits per heavy atom. The standard InChI is InChI=1S/C25H41N3O5/c1-5-7-13-20(28-25(32)33-16-18-11-9-8-10-12-18)24(31)27-21(14-17(3)4)22(29)15-19(6-2)23(26)30/h8-12,17,19-22,29H,5-7,13-16H2,1-4H3,(H2,26,30)(H,27,31)(H,28,32)/t19?,20-,21-,22-/m0/s1. The summed E-state index contributed by atoms with van der Waals surface area (Å²) < 4.78 is 5.27. The number of unbranched alkanes of at least 4 members (excludes halogenated alkanes) is 1. The molecule has 1 rings (SSSR count). The summed E-state index contributed by atoms with van der Waals surface area (Å²) in [5, 5.41) is 16.3. The molecule has 0 saturated heterocycles. The summed E-state index contributed by atoms with van der Waals surface area (Å²) in [4.78, 5) is 37.0. The molecule has 0 saturated carbocycles. The average molecular weight is 464 g/mol. The van der Waals surface area contributed by atoms with Gasteiger partial charge in [0.2, 0.25) is 11.8 Å². The number of hydrogen-bond acceptors (Lipinski definition) is 5. The molecule has 186 valence electrons. The van der Waals surface area contributed by atoms with Crippen LogP contribution in [0.3, 0.4) is 0 Å². The summed E-state index contributed by atoms with van der Waals surface area (Å²) in [5.74, 6) is -1.10. The molecule has 0 aliphatic rings. The van der Waals surface area contributed by atoms with Gasteiger partial charge in [-0.3, -0.25) is 9.59 Å². The molecule has 8 nitrogen and oxygen atoms in total. The van der Waals surface area contributed by atoms with E-state index in [2.05, 4.69) is 10.6 Å². The monoisotopic (exact) mass is 463 g/mol. The van der Waals surface area contributed by atoms with Crippen LogP contribution in [0.25, 0.3) is 0 Å². The van der Waals surface area contributed by atoms with Crippen LogP contribution in [0.2, 0.25) is 0 Å². The predicted octanol–water partition coefficient (Wildman–Crippen LogP) is 3.27. The molecule has 0 fully saturated rings. The molecule has 33 heavy (non-hydrogen) atoms. The number of benzene rings is 1. The van der Waals surface area contributed by atoms with Gasteiger partial charge in [-0.15, -0.1) is 0 Å². The van der Waals surface area contributed by atoms with E-state index in [1.54, 1.807) is 0 Å². The van der Waals surface area contributed by atoms with Crippen LogP contribution >= 0.6 is 0 Å². The smallest absolute Gasteiger partial charge is 0.408 e. The van der Waals surface area contributed by atoms with Crippen molar-refractivity contribution in [3.63, 3.8) is 0 Å². The SMILES string of the molecule is CCCC[C@H](NC(=O)OCc1ccccc1)C(=O)N[C@@H](CC(C)C)[C@@H](O)CC(CC)C(N)=O. The third-order valence-corrected chi connectivity index (χ3v) is 5.61. The quantitative estimate of drug-likeness (QED) is 0.317. The third-order valence-electron chi connectivity index (χ3n) is 5.61. The molecule has 1 aromatic carbocycles. The second-order valence-electron chi connectivity index (χ2n) is 8.96. The van der Waals surface area contributed by atoms with Gasteiger partial charge >= 0.3 is 6.09 Å². The van der Waals surface area contributed by atoms with Crippen LogP contribution in [0.15, 0.2) is 30.3 Å². The van der Waals surface area contributed by atoms with Gasteiger partial charge in [-0.25, -0.2) is 4.79 Å². The number of amides is 3. The van der Waals surface area contributed by atoms with Gasteiger partial charge in [-0.2, -0.15) is 0 Å². The summed E-state index contributed by atoms with van der Waals surface area (Å²) in [5.41, 5.74) is 6.28. The number of hydrogen-bond donors (Lipinski definition) is 4. The largest absolute Gasteiger partial charge is 0.445 e. The molecule has 0 aliphatic heterocycles. The Morgan fingerprint density at radius 3 is 2.27 bits per heavy atom. The molecular weight excluding hydrogens is 422 g/mol. The van der Waals surface area contributed by atoms with Crippen LogP contribution in [-0.2, 0) is 20.9 Å². The number of carbonyl (C=O) groups excluding carboxylic acids is 3. The van der Waals surface area contributed by atoms with Gasteiger partial charge in [-0.05, 0) is 37.2 Å². The van der Waals surface area contributed by atoms with Crippen molar-refractivity contribution in [2.45, 2.75) is 91.0 Å². The zero-order valence-electron chi connectivity index (χ0n) is 20.4. The second-order valence-corrected chi connectivity index (χ2v) is 8.96. The molecule has 3 amide bonds. The fraction of sp³-hybridized carbons (Fsp3) is 0.640. The Kier molecular flexibility index (Phi) is 13.1. The zero-order chi connectivity index (χ0) is 24.8. The van der Waals surface area contributed by atoms with E-state index in [1.807, 2.05) is 58.0 Å². The van der Waals surface area contributed by atoms with Crippen LogP contribution in [0, 0.1) is 11.8 Å². The van der Waals surface area contributed by atoms with E-state index in [9.17, 15) is 19.5 Å². The van der Waals surface area contributed by atoms with E-state index in [0.717, 1.165) is 18.4 Å². The molecule has 1 unspecified atom stereocenters. The van der Waals surface area contributed by atoms with Gasteiger partial charge in [0.25, 0.3) is 0 Å². The summed E-state index contributed by atoms with van der Waals surface area (Å²) in [6.45, 7) is 7.93. The Balaban J connectivity index is 2.81. The van der Waals surface area contributed by atoms with Crippen molar-refractivity contribution in [2.75, 3.05) is 0 Å². The molecule has 1 aromatic rings. The first kappa shape index (κ1) is 28.4. The Hall–Kier alpha value is -2.61. The minimum atomic E-state index is -0.925. The number of alkyl carbamates (subject to hydrolysis) is 1. The number of nitrogens with one attached hydrogen (secondary N) is 2. The number of nitrogens with two attached hydrogens (primary N) is 1. The Morgan fingerprint density at radius 1 is 1.06 bits per heavy atom. The molecule has 0 aliphatic carbocycles. The highest BCUT2D eigenvalue weighted by atomic mass is 16.5. The van der Waals surface area contributed by atoms with Crippen molar-refractivity contribution in [2.24, 2.45) is 17.6 Å². The third kappa shape index (κ3) is 11.2. The van der Waals surface area contributed by atoms with E-state index in [4.69, 9.17) is 10.5 Å². The van der Waals surface area contributed by atoms with Gasteiger partial charge < -0.3 is 26.2 Å². The lowest BCUT2D eigenvalue weighted by molar-refractivity contribution is -0.125. The molecule has 0 heterocycles. The van der Waals surface area contributed by atoms with Gasteiger partial charge in [0.05, 0.1) is 12.1 Å². The minimum Gasteiger partial charge on any atom is -0.445 e. The molecule has 5 N–H and O–H groups in total. The van der Waals surface area contributed by atoms with Crippen LogP contribution in [-0.4, -0.2) is 41.2 Å². The van der Waals surface area contributed by atoms with Crippen molar-refractivity contribution in [1.29, 1.82) is 0 Å². The number of aliphatic hydroxyl groups is 1. The van der Waals surface area contributed by atoms with Gasteiger partial charge in [-0.1, -0.05) is 70.9 Å². The van der Waals surface area contributed by atoms with E-state index < -0.39 is 36.1 Å². The zero-order valence-corrected chi connectivity index (χ0v) is 20.4. The average Bonchev–Trinajstić information content (AvgIpc) is 2.78. The molecule has 0 radical (unpaired) electrons. The maximum atomic E-state index is 13.1. The molecule has 0 bridgehead atoms. The number of ether oxygens (including phenoxy) is 1. The van der Waals surface area contributed by atoms with Crippen LogP contribution in [0.5, 0.6) is 0 Å². The minimum absolute atomic E-state index is 0.106. The summed E-state index contributed by atoms with van der Waals surface area (Å²) in [7, 11) is 0. The molecule has 8 heteroatoms. The first-order chi connectivity index (χ1) is 15.7. The second kappa shape index (κ2) is 15.3. The lowest BCUT2D eigenvalue weighted by Crippen LogP contribution is -2.53. The molecular formula is C25H41N3O5. The summed E-state index contributed by atoms with van der Waals surface area (Å²) in [6, 6.07) is 7.95. The highest BCUT2D eigenvalue weighted by molar-refractivity contribution is 5.85. The summed E-state index contributed by atoms with van der Waals surface area (Å²) in [6.07, 6.45) is 1.68. The fourth-order valence-electron chi connectivity index (χ4n) is 3.63. The van der Waals surface area contributed by atoms with Crippen molar-refractivity contribution in [3.05, 3.63) is 35.9 Å². The van der Waals surface area contributed by atoms with Gasteiger partial charge in [0.15, 0.2) is 0 Å². The summed E-state index contributed by atoms with van der Waals surface area (Å²) >= 11 is 0. The van der Waals surface area contributed by atoms with Crippen molar-refractivity contribution >= 4 is 17.9 Å². The first-order valence-electron chi connectivity index (χ1n) is 11.9. The van der Waals surface area contributed by atoms with E-state index >= 15 is 0 Å². The Bertz CT molecular complexity index is 726. The van der Waals surface area contributed by atoms with Crippen molar-refractivity contribution in [1.82, 2.24) is 10.6 Å². The van der Waals surface area contributed by atoms with Crippen molar-refractivity contribution in [3.8, 4) is 0 Å². The van der Waals surface area contributed by atoms with Gasteiger partial charge in [0.1, 0.15) is 12.6 Å². The lowest BCUT2D eigenvalue weighted by Gasteiger charge is -2.29. The predicted molar refractivity (Wildman–Crippen MR) is 128 cm³/mol. The normalized spacial score (nSPS) is 14.7. The van der Waals surface area contributed by atoms with E-state index in [1.165, 1.54) is 0 Å². The van der Waals surface area contributed by atoms with Crippen LogP contribution in [0.4, 0.5) is 4.79 Å². The maximum absolute atomic E-state index is 13.1. The lowest BCUT2D eigenvalue weighted by atomic mass is 9.90. The number of primary amides is 1. The maximum Gasteiger partial charge on any atom is 0.408 e. The molecule has 0 spiro atoms. The van der Waals surface area contributed by atoms with Crippen LogP contribution in [0.1, 0.15) is 71.8 Å². The first-order valence-corrected chi connectivity index (χ1v) is 11.9. The van der Waals surface area contributed by atoms with E-state index in [0.29, 0.717) is 19.3 Å². The molecule has 0 aromatic heterocycles.